The van der Waals surface area contributed by atoms with Gasteiger partial charge in [0.1, 0.15) is 17.6 Å². The molecule has 9 heteroatoms. The quantitative estimate of drug-likeness (QED) is 0.856. The summed E-state index contributed by atoms with van der Waals surface area (Å²) >= 11 is 12.3. The number of hydrogen-bond acceptors (Lipinski definition) is 4. The minimum atomic E-state index is -1.15. The lowest BCUT2D eigenvalue weighted by Crippen LogP contribution is -2.38. The van der Waals surface area contributed by atoms with E-state index in [0.29, 0.717) is 28.0 Å². The Bertz CT molecular complexity index is 740. The third-order valence-corrected chi connectivity index (χ3v) is 3.67. The molecule has 0 fully saturated rings. The first-order valence-electron chi connectivity index (χ1n) is 6.79. The Labute approximate surface area is 142 Å². The molecule has 1 heterocycles. The van der Waals surface area contributed by atoms with Crippen LogP contribution in [0.5, 0.6) is 0 Å². The van der Waals surface area contributed by atoms with Crippen LogP contribution >= 0.6 is 23.2 Å². The summed E-state index contributed by atoms with van der Waals surface area (Å²) in [6, 6.07) is 3.94. The highest BCUT2D eigenvalue weighted by molar-refractivity contribution is 6.37. The van der Waals surface area contributed by atoms with Crippen LogP contribution in [0.3, 0.4) is 0 Å². The van der Waals surface area contributed by atoms with Crippen molar-refractivity contribution in [1.29, 1.82) is 0 Å². The van der Waals surface area contributed by atoms with Crippen LogP contribution in [-0.2, 0) is 11.2 Å². The fourth-order valence-corrected chi connectivity index (χ4v) is 2.42. The van der Waals surface area contributed by atoms with Gasteiger partial charge < -0.3 is 10.4 Å². The molecular weight excluding hydrogens is 343 g/mol. The first-order chi connectivity index (χ1) is 10.8. The molecule has 23 heavy (non-hydrogen) atoms. The number of nitrogens with zero attached hydrogens (tertiary/aromatic N) is 3. The summed E-state index contributed by atoms with van der Waals surface area (Å²) in [5.74, 6) is -1.50. The maximum Gasteiger partial charge on any atom is 0.325 e. The second-order valence-corrected chi connectivity index (χ2v) is 5.54. The lowest BCUT2D eigenvalue weighted by atomic mass is 10.3. The Balaban J connectivity index is 2.42. The normalized spacial score (nSPS) is 12.0. The number of carboxylic acid groups (broad SMARTS) is 1. The van der Waals surface area contributed by atoms with E-state index >= 15 is 0 Å². The number of amides is 1. The molecule has 2 aromatic rings. The van der Waals surface area contributed by atoms with Gasteiger partial charge in [-0.15, -0.1) is 5.10 Å². The molecule has 0 saturated heterocycles. The molecule has 0 radical (unpaired) electrons. The number of carboxylic acids is 1. The molecule has 1 aromatic carbocycles. The summed E-state index contributed by atoms with van der Waals surface area (Å²) in [6.45, 7) is 3.19. The number of hydrogen-bond donors (Lipinski definition) is 2. The van der Waals surface area contributed by atoms with E-state index < -0.39 is 17.9 Å². The smallest absolute Gasteiger partial charge is 0.325 e. The van der Waals surface area contributed by atoms with E-state index in [1.54, 1.807) is 18.2 Å². The first-order valence-corrected chi connectivity index (χ1v) is 7.54. The molecule has 0 bridgehead atoms. The lowest BCUT2D eigenvalue weighted by Gasteiger charge is -2.08. The van der Waals surface area contributed by atoms with Gasteiger partial charge in [-0.1, -0.05) is 36.2 Å². The van der Waals surface area contributed by atoms with Crippen molar-refractivity contribution in [3.05, 3.63) is 39.9 Å². The van der Waals surface area contributed by atoms with Gasteiger partial charge >= 0.3 is 5.97 Å². The molecule has 0 saturated carbocycles. The van der Waals surface area contributed by atoms with E-state index in [-0.39, 0.29) is 5.82 Å². The highest BCUT2D eigenvalue weighted by atomic mass is 35.5. The van der Waals surface area contributed by atoms with Crippen molar-refractivity contribution >= 4 is 35.1 Å². The number of halogens is 2. The number of aliphatic carboxylic acids is 1. The molecule has 0 aliphatic carbocycles. The first kappa shape index (κ1) is 17.2. The second-order valence-electron chi connectivity index (χ2n) is 4.72. The number of nitrogens with one attached hydrogen (secondary N) is 1. The SMILES string of the molecule is CCc1nc(C(=O)NC(C)C(=O)O)nn1-c1c(Cl)cccc1Cl. The zero-order chi connectivity index (χ0) is 17.1. The summed E-state index contributed by atoms with van der Waals surface area (Å²) in [5, 5.41) is 16.0. The van der Waals surface area contributed by atoms with E-state index in [1.165, 1.54) is 11.6 Å². The van der Waals surface area contributed by atoms with E-state index in [2.05, 4.69) is 15.4 Å². The maximum absolute atomic E-state index is 12.1. The van der Waals surface area contributed by atoms with Crippen molar-refractivity contribution in [3.8, 4) is 5.69 Å². The number of benzene rings is 1. The zero-order valence-corrected chi connectivity index (χ0v) is 13.9. The van der Waals surface area contributed by atoms with E-state index in [9.17, 15) is 9.59 Å². The Morgan fingerprint density at radius 1 is 1.35 bits per heavy atom. The van der Waals surface area contributed by atoms with E-state index in [0.717, 1.165) is 0 Å². The average Bonchev–Trinajstić information content (AvgIpc) is 2.91. The van der Waals surface area contributed by atoms with Crippen molar-refractivity contribution in [2.75, 3.05) is 0 Å². The average molecular weight is 357 g/mol. The van der Waals surface area contributed by atoms with Crippen LogP contribution in [-0.4, -0.2) is 37.8 Å². The van der Waals surface area contributed by atoms with Crippen LogP contribution in [0.25, 0.3) is 5.69 Å². The summed E-state index contributed by atoms with van der Waals surface area (Å²) in [6.07, 6.45) is 0.482. The van der Waals surface area contributed by atoms with Crippen LogP contribution < -0.4 is 5.32 Å². The predicted octanol–water partition coefficient (Wildman–Crippen LogP) is 2.34. The topological polar surface area (TPSA) is 97.1 Å². The van der Waals surface area contributed by atoms with Crippen molar-refractivity contribution in [2.24, 2.45) is 0 Å². The second kappa shape index (κ2) is 6.97. The van der Waals surface area contributed by atoms with Gasteiger partial charge in [-0.3, -0.25) is 9.59 Å². The molecule has 1 aromatic heterocycles. The molecular formula is C14H14Cl2N4O3. The summed E-state index contributed by atoms with van der Waals surface area (Å²) in [7, 11) is 0. The number of rotatable bonds is 5. The van der Waals surface area contributed by atoms with Crippen LogP contribution in [0.2, 0.25) is 10.0 Å². The molecule has 1 atom stereocenters. The van der Waals surface area contributed by atoms with Crippen LogP contribution in [0, 0.1) is 0 Å². The van der Waals surface area contributed by atoms with Crippen LogP contribution in [0.4, 0.5) is 0 Å². The minimum absolute atomic E-state index is 0.147. The van der Waals surface area contributed by atoms with Gasteiger partial charge in [0.2, 0.25) is 5.82 Å². The molecule has 7 nitrogen and oxygen atoms in total. The highest BCUT2D eigenvalue weighted by Gasteiger charge is 2.22. The monoisotopic (exact) mass is 356 g/mol. The number of aromatic nitrogens is 3. The molecule has 1 unspecified atom stereocenters. The number of aryl methyl sites for hydroxylation is 1. The number of para-hydroxylation sites is 1. The summed E-state index contributed by atoms with van der Waals surface area (Å²) in [5.41, 5.74) is 0.422. The van der Waals surface area contributed by atoms with Gasteiger partial charge in [-0.25, -0.2) is 9.67 Å². The summed E-state index contributed by atoms with van der Waals surface area (Å²) < 4.78 is 1.39. The lowest BCUT2D eigenvalue weighted by molar-refractivity contribution is -0.138. The molecule has 2 N–H and O–H groups in total. The standard InChI is InChI=1S/C14H14Cl2N4O3/c1-3-10-18-12(13(21)17-7(2)14(22)23)19-20(10)11-8(15)5-4-6-9(11)16/h4-7H,3H2,1-2H3,(H,17,21)(H,22,23). The van der Waals surface area contributed by atoms with Gasteiger partial charge in [-0.2, -0.15) is 0 Å². The molecule has 0 aliphatic rings. The van der Waals surface area contributed by atoms with Crippen molar-refractivity contribution < 1.29 is 14.7 Å². The molecule has 122 valence electrons. The van der Waals surface area contributed by atoms with E-state index in [4.69, 9.17) is 28.3 Å². The Morgan fingerprint density at radius 3 is 2.48 bits per heavy atom. The fraction of sp³-hybridized carbons (Fsp3) is 0.286. The predicted molar refractivity (Wildman–Crippen MR) is 85.3 cm³/mol. The minimum Gasteiger partial charge on any atom is -0.480 e. The number of carbonyl (C=O) groups is 2. The molecule has 0 spiro atoms. The van der Waals surface area contributed by atoms with Crippen LogP contribution in [0.1, 0.15) is 30.3 Å². The molecule has 0 aliphatic heterocycles. The maximum atomic E-state index is 12.1. The molecule has 1 amide bonds. The Morgan fingerprint density at radius 2 is 1.96 bits per heavy atom. The van der Waals surface area contributed by atoms with Gasteiger partial charge in [0, 0.05) is 6.42 Å². The van der Waals surface area contributed by atoms with Gasteiger partial charge in [-0.05, 0) is 19.1 Å². The van der Waals surface area contributed by atoms with Crippen molar-refractivity contribution in [2.45, 2.75) is 26.3 Å². The fourth-order valence-electron chi connectivity index (χ4n) is 1.86. The van der Waals surface area contributed by atoms with E-state index in [1.807, 2.05) is 6.92 Å². The van der Waals surface area contributed by atoms with Crippen molar-refractivity contribution in [1.82, 2.24) is 20.1 Å². The van der Waals surface area contributed by atoms with Gasteiger partial charge in [0.05, 0.1) is 10.0 Å². The largest absolute Gasteiger partial charge is 0.480 e. The number of carbonyl (C=O) groups excluding carboxylic acids is 1. The Kier molecular flexibility index (Phi) is 5.23. The third-order valence-electron chi connectivity index (χ3n) is 3.06. The van der Waals surface area contributed by atoms with Gasteiger partial charge in [0.25, 0.3) is 5.91 Å². The van der Waals surface area contributed by atoms with Crippen LogP contribution in [0.15, 0.2) is 18.2 Å². The summed E-state index contributed by atoms with van der Waals surface area (Å²) in [4.78, 5) is 27.0. The van der Waals surface area contributed by atoms with Crippen molar-refractivity contribution in [3.63, 3.8) is 0 Å². The highest BCUT2D eigenvalue weighted by Crippen LogP contribution is 2.28. The third kappa shape index (κ3) is 3.62. The zero-order valence-electron chi connectivity index (χ0n) is 12.4. The Hall–Kier alpha value is -2.12. The molecule has 2 rings (SSSR count). The van der Waals surface area contributed by atoms with Gasteiger partial charge in [0.15, 0.2) is 0 Å².